The van der Waals surface area contributed by atoms with Gasteiger partial charge in [-0.05, 0) is 43.2 Å². The van der Waals surface area contributed by atoms with Crippen LogP contribution < -0.4 is 15.5 Å². The van der Waals surface area contributed by atoms with Gasteiger partial charge in [0.2, 0.25) is 0 Å². The van der Waals surface area contributed by atoms with Crippen LogP contribution in [0.3, 0.4) is 0 Å². The number of nitrogens with zero attached hydrogens (tertiary/aromatic N) is 1. The van der Waals surface area contributed by atoms with Crippen LogP contribution >= 0.6 is 11.6 Å². The number of amides is 2. The van der Waals surface area contributed by atoms with Crippen LogP contribution in [0.2, 0.25) is 5.02 Å². The average molecular weight is 374 g/mol. The Morgan fingerprint density at radius 1 is 1.38 bits per heavy atom. The highest BCUT2D eigenvalue weighted by Gasteiger charge is 2.10. The fourth-order valence-electron chi connectivity index (χ4n) is 2.22. The first kappa shape index (κ1) is 19.3. The van der Waals surface area contributed by atoms with Gasteiger partial charge >= 0.3 is 6.03 Å². The lowest BCUT2D eigenvalue weighted by Crippen LogP contribution is -2.24. The fraction of sp³-hybridized carbons (Fsp3) is 0.158. The summed E-state index contributed by atoms with van der Waals surface area (Å²) >= 11 is 5.98. The van der Waals surface area contributed by atoms with E-state index in [-0.39, 0.29) is 5.75 Å². The van der Waals surface area contributed by atoms with Gasteiger partial charge < -0.3 is 15.2 Å². The van der Waals surface area contributed by atoms with E-state index >= 15 is 0 Å². The Morgan fingerprint density at radius 2 is 2.15 bits per heavy atom. The Kier molecular flexibility index (Phi) is 7.05. The van der Waals surface area contributed by atoms with E-state index < -0.39 is 6.03 Å². The van der Waals surface area contributed by atoms with E-state index in [2.05, 4.69) is 22.4 Å². The van der Waals surface area contributed by atoms with Gasteiger partial charge in [-0.1, -0.05) is 29.8 Å². The number of aromatic hydroxyl groups is 1. The first-order valence-electron chi connectivity index (χ1n) is 7.99. The molecule has 0 radical (unpaired) electrons. The molecule has 0 atom stereocenters. The van der Waals surface area contributed by atoms with Crippen LogP contribution in [0.5, 0.6) is 11.5 Å². The number of hydrazone groups is 1. The maximum atomic E-state index is 11.9. The van der Waals surface area contributed by atoms with E-state index in [1.165, 1.54) is 6.21 Å². The zero-order valence-corrected chi connectivity index (χ0v) is 15.1. The molecule has 6 nitrogen and oxygen atoms in total. The maximum Gasteiger partial charge on any atom is 0.339 e. The minimum Gasteiger partial charge on any atom is -0.504 e. The quantitative estimate of drug-likeness (QED) is 0.384. The molecule has 0 aromatic heterocycles. The molecule has 0 saturated heterocycles. The number of allylic oxidation sites excluding steroid dienone is 1. The normalized spacial score (nSPS) is 10.5. The molecule has 0 spiro atoms. The Hall–Kier alpha value is -2.99. The Morgan fingerprint density at radius 3 is 2.85 bits per heavy atom. The van der Waals surface area contributed by atoms with E-state index in [0.29, 0.717) is 40.6 Å². The number of hydrogen-bond acceptors (Lipinski definition) is 4. The third kappa shape index (κ3) is 5.26. The molecule has 0 aliphatic heterocycles. The lowest BCUT2D eigenvalue weighted by atomic mass is 10.1. The topological polar surface area (TPSA) is 83.0 Å². The van der Waals surface area contributed by atoms with E-state index in [4.69, 9.17) is 16.3 Å². The Labute approximate surface area is 157 Å². The van der Waals surface area contributed by atoms with Crippen LogP contribution in [0, 0.1) is 0 Å². The van der Waals surface area contributed by atoms with Crippen molar-refractivity contribution in [2.24, 2.45) is 5.10 Å². The summed E-state index contributed by atoms with van der Waals surface area (Å²) in [6.45, 7) is 5.92. The molecule has 0 unspecified atom stereocenters. The summed E-state index contributed by atoms with van der Waals surface area (Å²) in [7, 11) is 0. The van der Waals surface area contributed by atoms with Crippen LogP contribution in [-0.4, -0.2) is 24.0 Å². The van der Waals surface area contributed by atoms with Crippen molar-refractivity contribution in [3.05, 3.63) is 65.2 Å². The first-order chi connectivity index (χ1) is 12.5. The molecule has 2 rings (SSSR count). The van der Waals surface area contributed by atoms with Crippen LogP contribution in [0.1, 0.15) is 18.1 Å². The van der Waals surface area contributed by atoms with Crippen molar-refractivity contribution in [3.8, 4) is 11.5 Å². The molecule has 0 fully saturated rings. The zero-order chi connectivity index (χ0) is 18.9. The lowest BCUT2D eigenvalue weighted by Gasteiger charge is -2.11. The fourth-order valence-corrected chi connectivity index (χ4v) is 2.40. The number of para-hydroxylation sites is 1. The summed E-state index contributed by atoms with van der Waals surface area (Å²) < 4.78 is 5.42. The van der Waals surface area contributed by atoms with E-state index in [0.717, 1.165) is 0 Å². The van der Waals surface area contributed by atoms with Gasteiger partial charge in [0.25, 0.3) is 0 Å². The Balaban J connectivity index is 2.08. The summed E-state index contributed by atoms with van der Waals surface area (Å²) in [6, 6.07) is 9.75. The third-order valence-electron chi connectivity index (χ3n) is 3.34. The maximum absolute atomic E-state index is 11.9. The van der Waals surface area contributed by atoms with Gasteiger partial charge in [0.15, 0.2) is 11.5 Å². The predicted molar refractivity (Wildman–Crippen MR) is 104 cm³/mol. The molecule has 2 aromatic carbocycles. The van der Waals surface area contributed by atoms with Crippen molar-refractivity contribution >= 4 is 29.5 Å². The SMILES string of the molecule is C=CCc1cc(/C=N/NC(=O)Nc2ccccc2Cl)cc(OCC)c1O. The predicted octanol–water partition coefficient (Wildman–Crippen LogP) is 4.33. The highest BCUT2D eigenvalue weighted by atomic mass is 35.5. The van der Waals surface area contributed by atoms with Gasteiger partial charge in [0.1, 0.15) is 0 Å². The molecule has 0 saturated carbocycles. The third-order valence-corrected chi connectivity index (χ3v) is 3.67. The van der Waals surface area contributed by atoms with Crippen molar-refractivity contribution in [3.63, 3.8) is 0 Å². The van der Waals surface area contributed by atoms with Crippen LogP contribution in [-0.2, 0) is 6.42 Å². The summed E-state index contributed by atoms with van der Waals surface area (Å²) in [5.41, 5.74) is 4.17. The largest absolute Gasteiger partial charge is 0.504 e. The average Bonchev–Trinajstić information content (AvgIpc) is 2.61. The summed E-state index contributed by atoms with van der Waals surface area (Å²) in [4.78, 5) is 11.9. The second-order valence-electron chi connectivity index (χ2n) is 5.26. The van der Waals surface area contributed by atoms with Crippen LogP contribution in [0.25, 0.3) is 0 Å². The van der Waals surface area contributed by atoms with Gasteiger partial charge in [0.05, 0.1) is 23.5 Å². The number of halogens is 1. The standard InChI is InChI=1S/C19H20ClN3O3/c1-3-7-14-10-13(11-17(18(14)24)26-4-2)12-21-23-19(25)22-16-9-6-5-8-15(16)20/h3,5-6,8-12,24H,1,4,7H2,2H3,(H2,22,23,25)/b21-12+. The molecule has 26 heavy (non-hydrogen) atoms. The highest BCUT2D eigenvalue weighted by molar-refractivity contribution is 6.33. The number of nitrogens with one attached hydrogen (secondary N) is 2. The molecule has 2 amide bonds. The number of ether oxygens (including phenoxy) is 1. The van der Waals surface area contributed by atoms with E-state index in [9.17, 15) is 9.90 Å². The van der Waals surface area contributed by atoms with Crippen molar-refractivity contribution in [1.29, 1.82) is 0 Å². The minimum atomic E-state index is -0.524. The highest BCUT2D eigenvalue weighted by Crippen LogP contribution is 2.31. The van der Waals surface area contributed by atoms with Gasteiger partial charge in [-0.2, -0.15) is 5.10 Å². The lowest BCUT2D eigenvalue weighted by molar-refractivity contribution is 0.252. The molecule has 2 aromatic rings. The molecule has 7 heteroatoms. The van der Waals surface area contributed by atoms with Crippen molar-refractivity contribution < 1.29 is 14.6 Å². The van der Waals surface area contributed by atoms with Crippen molar-refractivity contribution in [2.45, 2.75) is 13.3 Å². The number of phenols is 1. The number of carbonyl (C=O) groups is 1. The molecule has 0 heterocycles. The van der Waals surface area contributed by atoms with Gasteiger partial charge in [-0.15, -0.1) is 6.58 Å². The van der Waals surface area contributed by atoms with Crippen molar-refractivity contribution in [1.82, 2.24) is 5.43 Å². The molecule has 3 N–H and O–H groups in total. The number of carbonyl (C=O) groups excluding carboxylic acids is 1. The molecule has 136 valence electrons. The molecule has 0 aliphatic carbocycles. The number of anilines is 1. The number of phenolic OH excluding ortho intramolecular Hbond substituents is 1. The van der Waals surface area contributed by atoms with E-state index in [1.807, 2.05) is 6.92 Å². The second-order valence-corrected chi connectivity index (χ2v) is 5.66. The Bertz CT molecular complexity index is 822. The van der Waals surface area contributed by atoms with E-state index in [1.54, 1.807) is 42.5 Å². The van der Waals surface area contributed by atoms with Crippen LogP contribution in [0.15, 0.2) is 54.2 Å². The molecule has 0 aliphatic rings. The van der Waals surface area contributed by atoms with Crippen molar-refractivity contribution in [2.75, 3.05) is 11.9 Å². The number of hydrogen-bond donors (Lipinski definition) is 3. The molecule has 0 bridgehead atoms. The van der Waals surface area contributed by atoms with Gasteiger partial charge in [0, 0.05) is 5.56 Å². The summed E-state index contributed by atoms with van der Waals surface area (Å²) in [5, 5.41) is 17.1. The number of rotatable bonds is 7. The van der Waals surface area contributed by atoms with Crippen LogP contribution in [0.4, 0.5) is 10.5 Å². The smallest absolute Gasteiger partial charge is 0.339 e. The first-order valence-corrected chi connectivity index (χ1v) is 8.37. The molecular formula is C19H20ClN3O3. The summed E-state index contributed by atoms with van der Waals surface area (Å²) in [5.74, 6) is 0.433. The minimum absolute atomic E-state index is 0.0771. The summed E-state index contributed by atoms with van der Waals surface area (Å²) in [6.07, 6.45) is 3.62. The monoisotopic (exact) mass is 373 g/mol. The number of urea groups is 1. The zero-order valence-electron chi connectivity index (χ0n) is 14.3. The second kappa shape index (κ2) is 9.48. The van der Waals surface area contributed by atoms with Gasteiger partial charge in [-0.3, -0.25) is 0 Å². The number of benzene rings is 2. The molecular weight excluding hydrogens is 354 g/mol. The van der Waals surface area contributed by atoms with Gasteiger partial charge in [-0.25, -0.2) is 10.2 Å².